The number of nitro benzene ring substituents is 1. The normalized spacial score (nSPS) is 12.6. The van der Waals surface area contributed by atoms with Crippen LogP contribution in [-0.4, -0.2) is 17.5 Å². The summed E-state index contributed by atoms with van der Waals surface area (Å²) in [5.41, 5.74) is 0.775. The molecule has 0 radical (unpaired) electrons. The molecule has 1 atom stereocenters. The molecule has 0 aliphatic rings. The molecule has 1 aromatic rings. The van der Waals surface area contributed by atoms with Crippen LogP contribution >= 0.6 is 11.6 Å². The van der Waals surface area contributed by atoms with E-state index < -0.39 is 0 Å². The first-order valence-electron chi connectivity index (χ1n) is 7.60. The molecule has 118 valence electrons. The summed E-state index contributed by atoms with van der Waals surface area (Å²) >= 11 is 6.14. The van der Waals surface area contributed by atoms with Gasteiger partial charge in [0.2, 0.25) is 0 Å². The highest BCUT2D eigenvalue weighted by atomic mass is 35.5. The first-order chi connectivity index (χ1) is 9.95. The highest BCUT2D eigenvalue weighted by Crippen LogP contribution is 2.28. The van der Waals surface area contributed by atoms with Gasteiger partial charge in [0.25, 0.3) is 5.69 Å². The number of hydrogen-bond donors (Lipinski definition) is 1. The van der Waals surface area contributed by atoms with E-state index in [0.29, 0.717) is 29.0 Å². The van der Waals surface area contributed by atoms with Crippen molar-refractivity contribution < 1.29 is 4.92 Å². The average Bonchev–Trinajstić information content (AvgIpc) is 2.42. The number of benzene rings is 1. The Balaban J connectivity index is 2.77. The minimum absolute atomic E-state index is 0.126. The smallest absolute Gasteiger partial charge is 0.274 e. The molecule has 0 aliphatic carbocycles. The van der Waals surface area contributed by atoms with Crippen LogP contribution in [-0.2, 0) is 6.42 Å². The lowest BCUT2D eigenvalue weighted by Crippen LogP contribution is -2.31. The van der Waals surface area contributed by atoms with Crippen molar-refractivity contribution in [3.63, 3.8) is 0 Å². The van der Waals surface area contributed by atoms with Gasteiger partial charge in [0, 0.05) is 17.7 Å². The number of rotatable bonds is 9. The van der Waals surface area contributed by atoms with E-state index in [1.54, 1.807) is 12.1 Å². The predicted octanol–water partition coefficient (Wildman–Crippen LogP) is 4.60. The van der Waals surface area contributed by atoms with Crippen LogP contribution in [0.15, 0.2) is 18.2 Å². The molecule has 0 saturated carbocycles. The van der Waals surface area contributed by atoms with Crippen molar-refractivity contribution in [1.82, 2.24) is 5.32 Å². The second-order valence-electron chi connectivity index (χ2n) is 5.81. The number of nitrogens with zero attached hydrogens (tertiary/aromatic N) is 1. The lowest BCUT2D eigenvalue weighted by molar-refractivity contribution is -0.385. The third-order valence-corrected chi connectivity index (χ3v) is 3.83. The Hall–Kier alpha value is -1.13. The zero-order valence-corrected chi connectivity index (χ0v) is 13.8. The van der Waals surface area contributed by atoms with E-state index in [1.165, 1.54) is 6.07 Å². The number of hydrogen-bond acceptors (Lipinski definition) is 3. The summed E-state index contributed by atoms with van der Waals surface area (Å²) in [6.07, 6.45) is 3.64. The molecular formula is C16H25ClN2O2. The van der Waals surface area contributed by atoms with E-state index in [0.717, 1.165) is 25.8 Å². The van der Waals surface area contributed by atoms with Crippen LogP contribution in [0.5, 0.6) is 0 Å². The first kappa shape index (κ1) is 17.9. The molecule has 0 saturated heterocycles. The Kier molecular flexibility index (Phi) is 7.68. The topological polar surface area (TPSA) is 55.2 Å². The van der Waals surface area contributed by atoms with Crippen molar-refractivity contribution in [2.45, 2.75) is 52.5 Å². The number of nitrogens with one attached hydrogen (secondary N) is 1. The van der Waals surface area contributed by atoms with Crippen LogP contribution < -0.4 is 5.32 Å². The van der Waals surface area contributed by atoms with Crippen molar-refractivity contribution in [3.05, 3.63) is 38.9 Å². The molecule has 0 heterocycles. The molecule has 1 N–H and O–H groups in total. The van der Waals surface area contributed by atoms with Gasteiger partial charge < -0.3 is 5.32 Å². The van der Waals surface area contributed by atoms with Crippen molar-refractivity contribution in [2.24, 2.45) is 5.92 Å². The fraction of sp³-hybridized carbons (Fsp3) is 0.625. The molecule has 1 unspecified atom stereocenters. The highest BCUT2D eigenvalue weighted by molar-refractivity contribution is 6.31. The standard InChI is InChI=1S/C16H25ClN2O2/c1-4-10-18-13(11-12(2)3)8-9-14-15(17)6-5-7-16(14)19(20)21/h5-7,12-13,18H,4,8-11H2,1-3H3. The molecular weight excluding hydrogens is 288 g/mol. The van der Waals surface area contributed by atoms with Crippen molar-refractivity contribution >= 4 is 17.3 Å². The third-order valence-electron chi connectivity index (χ3n) is 3.47. The van der Waals surface area contributed by atoms with Gasteiger partial charge in [-0.25, -0.2) is 0 Å². The van der Waals surface area contributed by atoms with E-state index in [-0.39, 0.29) is 10.6 Å². The van der Waals surface area contributed by atoms with E-state index in [9.17, 15) is 10.1 Å². The molecule has 0 bridgehead atoms. The van der Waals surface area contributed by atoms with Crippen molar-refractivity contribution in [3.8, 4) is 0 Å². The summed E-state index contributed by atoms with van der Waals surface area (Å²) in [5, 5.41) is 15.1. The Bertz CT molecular complexity index is 464. The maximum Gasteiger partial charge on any atom is 0.274 e. The summed E-state index contributed by atoms with van der Waals surface area (Å²) in [7, 11) is 0. The zero-order chi connectivity index (χ0) is 15.8. The van der Waals surface area contributed by atoms with Gasteiger partial charge in [0.05, 0.1) is 9.95 Å². The third kappa shape index (κ3) is 6.02. The van der Waals surface area contributed by atoms with Gasteiger partial charge in [-0.3, -0.25) is 10.1 Å². The highest BCUT2D eigenvalue weighted by Gasteiger charge is 2.18. The largest absolute Gasteiger partial charge is 0.314 e. The molecule has 0 spiro atoms. The Morgan fingerprint density at radius 2 is 2.10 bits per heavy atom. The molecule has 1 aromatic carbocycles. The van der Waals surface area contributed by atoms with Crippen LogP contribution in [0.25, 0.3) is 0 Å². The van der Waals surface area contributed by atoms with E-state index >= 15 is 0 Å². The first-order valence-corrected chi connectivity index (χ1v) is 7.98. The van der Waals surface area contributed by atoms with E-state index in [1.807, 2.05) is 0 Å². The second-order valence-corrected chi connectivity index (χ2v) is 6.22. The molecule has 0 aromatic heterocycles. The molecule has 0 amide bonds. The van der Waals surface area contributed by atoms with Crippen LogP contribution in [0.2, 0.25) is 5.02 Å². The lowest BCUT2D eigenvalue weighted by atomic mass is 9.96. The molecule has 5 heteroatoms. The Morgan fingerprint density at radius 3 is 2.67 bits per heavy atom. The Labute approximate surface area is 132 Å². The minimum atomic E-state index is -0.349. The molecule has 21 heavy (non-hydrogen) atoms. The summed E-state index contributed by atoms with van der Waals surface area (Å²) in [5.74, 6) is 0.598. The number of nitro groups is 1. The van der Waals surface area contributed by atoms with Crippen LogP contribution in [0.1, 0.15) is 45.6 Å². The molecule has 0 aliphatic heterocycles. The maximum atomic E-state index is 11.1. The fourth-order valence-corrected chi connectivity index (χ4v) is 2.77. The fourth-order valence-electron chi connectivity index (χ4n) is 2.51. The minimum Gasteiger partial charge on any atom is -0.314 e. The summed E-state index contributed by atoms with van der Waals surface area (Å²) in [6, 6.07) is 5.25. The zero-order valence-electron chi connectivity index (χ0n) is 13.1. The van der Waals surface area contributed by atoms with Gasteiger partial charge in [0.15, 0.2) is 0 Å². The molecule has 4 nitrogen and oxygen atoms in total. The van der Waals surface area contributed by atoms with Gasteiger partial charge in [-0.05, 0) is 44.2 Å². The molecule has 0 fully saturated rings. The maximum absolute atomic E-state index is 11.1. The van der Waals surface area contributed by atoms with Crippen molar-refractivity contribution in [2.75, 3.05) is 6.54 Å². The summed E-state index contributed by atoms with van der Waals surface area (Å²) in [4.78, 5) is 10.8. The molecule has 1 rings (SSSR count). The van der Waals surface area contributed by atoms with Gasteiger partial charge in [0.1, 0.15) is 0 Å². The predicted molar refractivity (Wildman–Crippen MR) is 88.0 cm³/mol. The average molecular weight is 313 g/mol. The summed E-state index contributed by atoms with van der Waals surface area (Å²) in [6.45, 7) is 7.50. The monoisotopic (exact) mass is 312 g/mol. The van der Waals surface area contributed by atoms with Gasteiger partial charge in [-0.15, -0.1) is 0 Å². The number of halogens is 1. The van der Waals surface area contributed by atoms with E-state index in [4.69, 9.17) is 11.6 Å². The summed E-state index contributed by atoms with van der Waals surface area (Å²) < 4.78 is 0. The van der Waals surface area contributed by atoms with Gasteiger partial charge >= 0.3 is 0 Å². The van der Waals surface area contributed by atoms with Gasteiger partial charge in [-0.1, -0.05) is 38.4 Å². The lowest BCUT2D eigenvalue weighted by Gasteiger charge is -2.20. The van der Waals surface area contributed by atoms with E-state index in [2.05, 4.69) is 26.1 Å². The van der Waals surface area contributed by atoms with Crippen LogP contribution in [0, 0.1) is 16.0 Å². The SMILES string of the molecule is CCCNC(CCc1c(Cl)cccc1[N+](=O)[O-])CC(C)C. The van der Waals surface area contributed by atoms with Crippen LogP contribution in [0.4, 0.5) is 5.69 Å². The quantitative estimate of drug-likeness (QED) is 0.535. The van der Waals surface area contributed by atoms with Crippen LogP contribution in [0.3, 0.4) is 0 Å². The van der Waals surface area contributed by atoms with Crippen molar-refractivity contribution in [1.29, 1.82) is 0 Å². The Morgan fingerprint density at radius 1 is 1.38 bits per heavy atom. The van der Waals surface area contributed by atoms with Gasteiger partial charge in [-0.2, -0.15) is 0 Å². The second kappa shape index (κ2) is 9.00.